The van der Waals surface area contributed by atoms with E-state index >= 15 is 0 Å². The summed E-state index contributed by atoms with van der Waals surface area (Å²) in [4.78, 5) is 0. The van der Waals surface area contributed by atoms with Crippen LogP contribution < -0.4 is 5.32 Å². The molecule has 0 bridgehead atoms. The van der Waals surface area contributed by atoms with Crippen LogP contribution in [-0.4, -0.2) is 12.1 Å². The van der Waals surface area contributed by atoms with Gasteiger partial charge in [0.15, 0.2) is 0 Å². The molecule has 0 spiro atoms. The minimum atomic E-state index is 0.495. The topological polar surface area (TPSA) is 12.0 Å². The Balaban J connectivity index is 1.81. The molecule has 2 fully saturated rings. The number of hydrogen-bond donors (Lipinski definition) is 1. The summed E-state index contributed by atoms with van der Waals surface area (Å²) < 4.78 is 0. The molecule has 2 aliphatic carbocycles. The first kappa shape index (κ1) is 12.4. The van der Waals surface area contributed by atoms with Gasteiger partial charge in [0.25, 0.3) is 0 Å². The first-order valence-corrected chi connectivity index (χ1v) is 7.15. The SMILES string of the molecule is CCC1CCC(NC2C(C)(C)C2(C)C)CC1. The van der Waals surface area contributed by atoms with Gasteiger partial charge in [-0.2, -0.15) is 0 Å². The van der Waals surface area contributed by atoms with Gasteiger partial charge >= 0.3 is 0 Å². The molecule has 0 aromatic carbocycles. The van der Waals surface area contributed by atoms with Gasteiger partial charge in [0, 0.05) is 12.1 Å². The molecular weight excluding hydrogens is 194 g/mol. The maximum absolute atomic E-state index is 3.92. The molecule has 1 heteroatoms. The molecule has 0 aliphatic heterocycles. The third kappa shape index (κ3) is 1.92. The zero-order chi connectivity index (χ0) is 12.0. The fourth-order valence-electron chi connectivity index (χ4n) is 3.59. The summed E-state index contributed by atoms with van der Waals surface area (Å²) in [6, 6.07) is 1.54. The van der Waals surface area contributed by atoms with Gasteiger partial charge in [-0.25, -0.2) is 0 Å². The van der Waals surface area contributed by atoms with Crippen molar-refractivity contribution >= 4 is 0 Å². The van der Waals surface area contributed by atoms with Crippen LogP contribution in [0.15, 0.2) is 0 Å². The summed E-state index contributed by atoms with van der Waals surface area (Å²) >= 11 is 0. The van der Waals surface area contributed by atoms with Gasteiger partial charge in [-0.05, 0) is 42.4 Å². The fourth-order valence-corrected chi connectivity index (χ4v) is 3.59. The van der Waals surface area contributed by atoms with E-state index in [4.69, 9.17) is 0 Å². The highest BCUT2D eigenvalue weighted by molar-refractivity contribution is 5.18. The second kappa shape index (κ2) is 4.01. The van der Waals surface area contributed by atoms with Gasteiger partial charge in [-0.1, -0.05) is 41.0 Å². The average Bonchev–Trinajstić information content (AvgIpc) is 2.62. The Hall–Kier alpha value is -0.0400. The smallest absolute Gasteiger partial charge is 0.0183 e. The Labute approximate surface area is 101 Å². The van der Waals surface area contributed by atoms with Gasteiger partial charge in [-0.3, -0.25) is 0 Å². The van der Waals surface area contributed by atoms with Gasteiger partial charge in [0.2, 0.25) is 0 Å². The molecule has 2 rings (SSSR count). The minimum Gasteiger partial charge on any atom is -0.310 e. The molecule has 0 aromatic rings. The zero-order valence-corrected chi connectivity index (χ0v) is 11.8. The van der Waals surface area contributed by atoms with E-state index < -0.39 is 0 Å². The highest BCUT2D eigenvalue weighted by atomic mass is 15.1. The van der Waals surface area contributed by atoms with Crippen LogP contribution >= 0.6 is 0 Å². The van der Waals surface area contributed by atoms with Crippen molar-refractivity contribution < 1.29 is 0 Å². The molecule has 0 atom stereocenters. The lowest BCUT2D eigenvalue weighted by Crippen LogP contribution is -2.37. The average molecular weight is 223 g/mol. The molecule has 2 aliphatic rings. The lowest BCUT2D eigenvalue weighted by atomic mass is 9.84. The summed E-state index contributed by atoms with van der Waals surface area (Å²) in [6.07, 6.45) is 7.08. The van der Waals surface area contributed by atoms with E-state index in [1.165, 1.54) is 32.1 Å². The van der Waals surface area contributed by atoms with Crippen LogP contribution in [0.5, 0.6) is 0 Å². The molecule has 0 aromatic heterocycles. The monoisotopic (exact) mass is 223 g/mol. The number of hydrogen-bond acceptors (Lipinski definition) is 1. The zero-order valence-electron chi connectivity index (χ0n) is 11.8. The molecule has 0 saturated heterocycles. The van der Waals surface area contributed by atoms with Crippen LogP contribution in [0.3, 0.4) is 0 Å². The molecule has 0 amide bonds. The first-order valence-electron chi connectivity index (χ1n) is 7.15. The lowest BCUT2D eigenvalue weighted by molar-refractivity contribution is 0.276. The van der Waals surface area contributed by atoms with Crippen LogP contribution in [0, 0.1) is 16.7 Å². The maximum atomic E-state index is 3.92. The van der Waals surface area contributed by atoms with Crippen molar-refractivity contribution in [3.63, 3.8) is 0 Å². The number of rotatable bonds is 3. The van der Waals surface area contributed by atoms with Gasteiger partial charge in [-0.15, -0.1) is 0 Å². The standard InChI is InChI=1S/C15H29N/c1-6-11-7-9-12(10-8-11)16-13-14(2,3)15(13,4)5/h11-13,16H,6-10H2,1-5H3. The Bertz CT molecular complexity index is 232. The Morgan fingerprint density at radius 1 is 0.938 bits per heavy atom. The lowest BCUT2D eigenvalue weighted by Gasteiger charge is -2.29. The molecule has 0 unspecified atom stereocenters. The van der Waals surface area contributed by atoms with Gasteiger partial charge in [0.05, 0.1) is 0 Å². The second-order valence-corrected chi connectivity index (χ2v) is 7.17. The molecule has 1 nitrogen and oxygen atoms in total. The van der Waals surface area contributed by atoms with Crippen LogP contribution in [0.1, 0.15) is 66.7 Å². The quantitative estimate of drug-likeness (QED) is 0.763. The van der Waals surface area contributed by atoms with Crippen molar-refractivity contribution in [2.24, 2.45) is 16.7 Å². The predicted molar refractivity (Wildman–Crippen MR) is 70.5 cm³/mol. The maximum Gasteiger partial charge on any atom is 0.0183 e. The van der Waals surface area contributed by atoms with E-state index in [2.05, 4.69) is 39.9 Å². The third-order valence-corrected chi connectivity index (χ3v) is 5.85. The third-order valence-electron chi connectivity index (χ3n) is 5.85. The fraction of sp³-hybridized carbons (Fsp3) is 1.00. The van der Waals surface area contributed by atoms with Crippen LogP contribution in [0.4, 0.5) is 0 Å². The summed E-state index contributed by atoms with van der Waals surface area (Å²) in [5.74, 6) is 1.01. The van der Waals surface area contributed by atoms with Crippen molar-refractivity contribution in [3.8, 4) is 0 Å². The molecule has 0 radical (unpaired) electrons. The van der Waals surface area contributed by atoms with Gasteiger partial charge in [0.1, 0.15) is 0 Å². The van der Waals surface area contributed by atoms with Crippen molar-refractivity contribution in [2.45, 2.75) is 78.8 Å². The minimum absolute atomic E-state index is 0.495. The molecule has 0 heterocycles. The Kier molecular flexibility index (Phi) is 3.11. The van der Waals surface area contributed by atoms with Crippen LogP contribution in [-0.2, 0) is 0 Å². The van der Waals surface area contributed by atoms with Crippen molar-refractivity contribution in [1.29, 1.82) is 0 Å². The molecule has 2 saturated carbocycles. The molecular formula is C15H29N. The summed E-state index contributed by atoms with van der Waals surface area (Å²) in [5.41, 5.74) is 0.989. The van der Waals surface area contributed by atoms with E-state index in [-0.39, 0.29) is 0 Å². The normalized spacial score (nSPS) is 37.3. The van der Waals surface area contributed by atoms with Gasteiger partial charge < -0.3 is 5.32 Å². The molecule has 1 N–H and O–H groups in total. The Morgan fingerprint density at radius 3 is 1.81 bits per heavy atom. The Morgan fingerprint density at radius 2 is 1.44 bits per heavy atom. The summed E-state index contributed by atoms with van der Waals surface area (Å²) in [5, 5.41) is 3.92. The number of nitrogens with one attached hydrogen (secondary N) is 1. The second-order valence-electron chi connectivity index (χ2n) is 7.17. The predicted octanol–water partition coefficient (Wildman–Crippen LogP) is 3.98. The largest absolute Gasteiger partial charge is 0.310 e. The summed E-state index contributed by atoms with van der Waals surface area (Å²) in [7, 11) is 0. The molecule has 94 valence electrons. The first-order chi connectivity index (χ1) is 7.39. The highest BCUT2D eigenvalue weighted by Crippen LogP contribution is 2.62. The molecule has 16 heavy (non-hydrogen) atoms. The van der Waals surface area contributed by atoms with E-state index in [0.29, 0.717) is 10.8 Å². The van der Waals surface area contributed by atoms with Crippen molar-refractivity contribution in [3.05, 3.63) is 0 Å². The van der Waals surface area contributed by atoms with Crippen LogP contribution in [0.2, 0.25) is 0 Å². The summed E-state index contributed by atoms with van der Waals surface area (Å²) in [6.45, 7) is 12.0. The van der Waals surface area contributed by atoms with E-state index in [1.807, 2.05) is 0 Å². The van der Waals surface area contributed by atoms with Crippen molar-refractivity contribution in [1.82, 2.24) is 5.32 Å². The van der Waals surface area contributed by atoms with E-state index in [9.17, 15) is 0 Å². The van der Waals surface area contributed by atoms with E-state index in [1.54, 1.807) is 0 Å². The van der Waals surface area contributed by atoms with Crippen molar-refractivity contribution in [2.75, 3.05) is 0 Å². The van der Waals surface area contributed by atoms with E-state index in [0.717, 1.165) is 18.0 Å². The van der Waals surface area contributed by atoms with Crippen LogP contribution in [0.25, 0.3) is 0 Å². The highest BCUT2D eigenvalue weighted by Gasteiger charge is 2.64.